The molecule has 8 heteroatoms. The molecular weight excluding hydrogens is 308 g/mol. The molecule has 6 nitrogen and oxygen atoms in total. The van der Waals surface area contributed by atoms with Crippen molar-refractivity contribution >= 4 is 23.4 Å². The Morgan fingerprint density at radius 1 is 1.14 bits per heavy atom. The molecule has 0 aliphatic heterocycles. The highest BCUT2D eigenvalue weighted by Crippen LogP contribution is 2.23. The highest BCUT2D eigenvalue weighted by molar-refractivity contribution is 8.02. The number of hydrogen-bond donors (Lipinski definition) is 0. The molecule has 106 valence electrons. The first-order chi connectivity index (χ1) is 10.3. The van der Waals surface area contributed by atoms with Gasteiger partial charge in [0.15, 0.2) is 11.0 Å². The maximum Gasteiger partial charge on any atom is 0.200 e. The fourth-order valence-electron chi connectivity index (χ4n) is 1.85. The summed E-state index contributed by atoms with van der Waals surface area (Å²) < 4.78 is 1.94. The minimum Gasteiger partial charge on any atom is -0.272 e. The second kappa shape index (κ2) is 6.11. The van der Waals surface area contributed by atoms with Crippen molar-refractivity contribution in [3.63, 3.8) is 0 Å². The molecule has 21 heavy (non-hydrogen) atoms. The standard InChI is InChI=1S/C13H11ClN6S/c1-2-21-13-18-17-12(9-19-15-7-8-16-19)20(13)11-5-3-10(14)4-6-11/h2-8H,1,9H2. The van der Waals surface area contributed by atoms with Gasteiger partial charge < -0.3 is 0 Å². The summed E-state index contributed by atoms with van der Waals surface area (Å²) in [5, 5.41) is 19.7. The third kappa shape index (κ3) is 2.98. The number of rotatable bonds is 5. The van der Waals surface area contributed by atoms with Crippen LogP contribution in [0.4, 0.5) is 0 Å². The van der Waals surface area contributed by atoms with Crippen molar-refractivity contribution in [1.29, 1.82) is 0 Å². The van der Waals surface area contributed by atoms with Crippen LogP contribution in [-0.4, -0.2) is 29.8 Å². The van der Waals surface area contributed by atoms with Crippen LogP contribution in [-0.2, 0) is 6.54 Å². The fourth-order valence-corrected chi connectivity index (χ4v) is 2.53. The van der Waals surface area contributed by atoms with Crippen LogP contribution in [0.3, 0.4) is 0 Å². The topological polar surface area (TPSA) is 61.4 Å². The number of aromatic nitrogens is 6. The molecule has 0 amide bonds. The monoisotopic (exact) mass is 318 g/mol. The molecule has 1 aromatic carbocycles. The van der Waals surface area contributed by atoms with Crippen LogP contribution in [0.2, 0.25) is 5.02 Å². The van der Waals surface area contributed by atoms with Crippen LogP contribution in [0, 0.1) is 0 Å². The lowest BCUT2D eigenvalue weighted by atomic mass is 10.3. The van der Waals surface area contributed by atoms with Gasteiger partial charge >= 0.3 is 0 Å². The summed E-state index contributed by atoms with van der Waals surface area (Å²) in [5.41, 5.74) is 0.927. The normalized spacial score (nSPS) is 10.7. The molecule has 0 fully saturated rings. The van der Waals surface area contributed by atoms with Crippen molar-refractivity contribution in [2.75, 3.05) is 0 Å². The molecule has 0 aliphatic rings. The van der Waals surface area contributed by atoms with Gasteiger partial charge in [0.05, 0.1) is 12.4 Å². The smallest absolute Gasteiger partial charge is 0.200 e. The van der Waals surface area contributed by atoms with Gasteiger partial charge in [-0.05, 0) is 29.7 Å². The number of thioether (sulfide) groups is 1. The predicted octanol–water partition coefficient (Wildman–Crippen LogP) is 2.80. The Kier molecular flexibility index (Phi) is 4.03. The summed E-state index contributed by atoms with van der Waals surface area (Å²) in [7, 11) is 0. The lowest BCUT2D eigenvalue weighted by Gasteiger charge is -2.09. The minimum atomic E-state index is 0.431. The second-order valence-electron chi connectivity index (χ2n) is 4.05. The van der Waals surface area contributed by atoms with Crippen molar-refractivity contribution in [3.05, 3.63) is 59.5 Å². The summed E-state index contributed by atoms with van der Waals surface area (Å²) >= 11 is 7.35. The second-order valence-corrected chi connectivity index (χ2v) is 5.43. The van der Waals surface area contributed by atoms with Gasteiger partial charge in [-0.25, -0.2) is 0 Å². The van der Waals surface area contributed by atoms with Crippen LogP contribution in [0.1, 0.15) is 5.82 Å². The van der Waals surface area contributed by atoms with E-state index in [1.54, 1.807) is 22.6 Å². The van der Waals surface area contributed by atoms with E-state index in [4.69, 9.17) is 11.6 Å². The van der Waals surface area contributed by atoms with E-state index >= 15 is 0 Å². The van der Waals surface area contributed by atoms with Crippen molar-refractivity contribution < 1.29 is 0 Å². The van der Waals surface area contributed by atoms with Gasteiger partial charge in [-0.1, -0.05) is 29.9 Å². The van der Waals surface area contributed by atoms with E-state index in [1.165, 1.54) is 11.8 Å². The Morgan fingerprint density at radius 3 is 2.52 bits per heavy atom. The van der Waals surface area contributed by atoms with E-state index in [0.29, 0.717) is 11.6 Å². The lowest BCUT2D eigenvalue weighted by Crippen LogP contribution is -2.10. The first-order valence-electron chi connectivity index (χ1n) is 6.10. The number of benzene rings is 1. The van der Waals surface area contributed by atoms with E-state index in [-0.39, 0.29) is 0 Å². The van der Waals surface area contributed by atoms with E-state index in [9.17, 15) is 0 Å². The van der Waals surface area contributed by atoms with Crippen molar-refractivity contribution in [2.45, 2.75) is 11.7 Å². The molecule has 3 rings (SSSR count). The highest BCUT2D eigenvalue weighted by atomic mass is 35.5. The molecule has 0 saturated heterocycles. The maximum atomic E-state index is 5.94. The molecule has 3 aromatic rings. The zero-order valence-corrected chi connectivity index (χ0v) is 12.5. The average molecular weight is 319 g/mol. The van der Waals surface area contributed by atoms with E-state index < -0.39 is 0 Å². The lowest BCUT2D eigenvalue weighted by molar-refractivity contribution is 0.562. The first-order valence-corrected chi connectivity index (χ1v) is 7.35. The third-order valence-corrected chi connectivity index (χ3v) is 3.62. The molecular formula is C13H11ClN6S. The minimum absolute atomic E-state index is 0.431. The van der Waals surface area contributed by atoms with Gasteiger partial charge in [0.25, 0.3) is 0 Å². The van der Waals surface area contributed by atoms with Crippen molar-refractivity contribution in [1.82, 2.24) is 29.8 Å². The maximum absolute atomic E-state index is 5.94. The van der Waals surface area contributed by atoms with Gasteiger partial charge in [-0.3, -0.25) is 4.57 Å². The van der Waals surface area contributed by atoms with Gasteiger partial charge in [0, 0.05) is 10.7 Å². The first kappa shape index (κ1) is 13.8. The van der Waals surface area contributed by atoms with Gasteiger partial charge in [0.1, 0.15) is 6.54 Å². The van der Waals surface area contributed by atoms with Gasteiger partial charge in [0.2, 0.25) is 0 Å². The quantitative estimate of drug-likeness (QED) is 0.677. The van der Waals surface area contributed by atoms with E-state index in [0.717, 1.165) is 16.7 Å². The number of halogens is 1. The highest BCUT2D eigenvalue weighted by Gasteiger charge is 2.14. The van der Waals surface area contributed by atoms with Crippen LogP contribution in [0.25, 0.3) is 5.69 Å². The fraction of sp³-hybridized carbons (Fsp3) is 0.0769. The Balaban J connectivity index is 2.04. The molecule has 0 spiro atoms. The van der Waals surface area contributed by atoms with Crippen LogP contribution >= 0.6 is 23.4 Å². The molecule has 0 atom stereocenters. The Bertz CT molecular complexity index is 735. The number of nitrogens with zero attached hydrogens (tertiary/aromatic N) is 6. The largest absolute Gasteiger partial charge is 0.272 e. The summed E-state index contributed by atoms with van der Waals surface area (Å²) in [6, 6.07) is 7.49. The van der Waals surface area contributed by atoms with Crippen LogP contribution in [0.5, 0.6) is 0 Å². The molecule has 0 N–H and O–H groups in total. The summed E-state index contributed by atoms with van der Waals surface area (Å²) in [6.07, 6.45) is 3.25. The molecule has 0 saturated carbocycles. The van der Waals surface area contributed by atoms with Gasteiger partial charge in [-0.15, -0.1) is 10.2 Å². The Hall–Kier alpha value is -2.12. The summed E-state index contributed by atoms with van der Waals surface area (Å²) in [4.78, 5) is 1.55. The third-order valence-electron chi connectivity index (χ3n) is 2.72. The zero-order valence-electron chi connectivity index (χ0n) is 10.9. The van der Waals surface area contributed by atoms with Crippen molar-refractivity contribution in [2.24, 2.45) is 0 Å². The molecule has 0 radical (unpaired) electrons. The SMILES string of the molecule is C=CSc1nnc(Cn2nccn2)n1-c1ccc(Cl)cc1. The average Bonchev–Trinajstić information content (AvgIpc) is 3.12. The number of hydrogen-bond acceptors (Lipinski definition) is 5. The van der Waals surface area contributed by atoms with Crippen LogP contribution in [0.15, 0.2) is 53.8 Å². The van der Waals surface area contributed by atoms with Gasteiger partial charge in [-0.2, -0.15) is 15.0 Å². The summed E-state index contributed by atoms with van der Waals surface area (Å²) in [6.45, 7) is 4.15. The van der Waals surface area contributed by atoms with E-state index in [2.05, 4.69) is 27.0 Å². The Labute approximate surface area is 130 Å². The van der Waals surface area contributed by atoms with Crippen molar-refractivity contribution in [3.8, 4) is 5.69 Å². The predicted molar refractivity (Wildman–Crippen MR) is 81.5 cm³/mol. The Morgan fingerprint density at radius 2 is 1.86 bits per heavy atom. The van der Waals surface area contributed by atoms with Crippen LogP contribution < -0.4 is 0 Å². The molecule has 2 heterocycles. The molecule has 0 unspecified atom stereocenters. The molecule has 0 bridgehead atoms. The molecule has 0 aliphatic carbocycles. The molecule has 2 aromatic heterocycles. The summed E-state index contributed by atoms with van der Waals surface area (Å²) in [5.74, 6) is 0.734. The van der Waals surface area contributed by atoms with E-state index in [1.807, 2.05) is 28.8 Å². The zero-order chi connectivity index (χ0) is 14.7.